The Balaban J connectivity index is 1.89. The Bertz CT molecular complexity index is 556. The number of hydrogen-bond donors (Lipinski definition) is 3. The van der Waals surface area contributed by atoms with Crippen LogP contribution in [0.2, 0.25) is 0 Å². The first-order valence-corrected chi connectivity index (χ1v) is 6.81. The van der Waals surface area contributed by atoms with Crippen molar-refractivity contribution in [1.82, 2.24) is 5.32 Å². The molecule has 6 nitrogen and oxygen atoms in total. The standard InChI is InChI=1S/C15H20N2O4/c1-15(2)11(7-12(15)18)17-13(19)8-21-10-6-4-3-5-9(10)14(16)20/h3-6,11-12,18H,7-8H2,1-2H3,(H2,16,20)(H,17,19). The van der Waals surface area contributed by atoms with Crippen LogP contribution in [0.4, 0.5) is 0 Å². The fourth-order valence-corrected chi connectivity index (χ4v) is 2.32. The number of primary amides is 1. The molecular weight excluding hydrogens is 272 g/mol. The van der Waals surface area contributed by atoms with Crippen LogP contribution in [-0.2, 0) is 4.79 Å². The Morgan fingerprint density at radius 1 is 1.43 bits per heavy atom. The molecule has 0 radical (unpaired) electrons. The van der Waals surface area contributed by atoms with Gasteiger partial charge in [-0.3, -0.25) is 9.59 Å². The minimum Gasteiger partial charge on any atom is -0.483 e. The maximum absolute atomic E-state index is 11.9. The van der Waals surface area contributed by atoms with Gasteiger partial charge in [-0.2, -0.15) is 0 Å². The summed E-state index contributed by atoms with van der Waals surface area (Å²) in [7, 11) is 0. The molecule has 0 bridgehead atoms. The van der Waals surface area contributed by atoms with E-state index in [-0.39, 0.29) is 35.3 Å². The van der Waals surface area contributed by atoms with E-state index in [0.29, 0.717) is 6.42 Å². The molecule has 0 saturated heterocycles. The second kappa shape index (κ2) is 5.73. The largest absolute Gasteiger partial charge is 0.483 e. The number of hydrogen-bond acceptors (Lipinski definition) is 4. The predicted molar refractivity (Wildman–Crippen MR) is 76.8 cm³/mol. The number of ether oxygens (including phenoxy) is 1. The first kappa shape index (κ1) is 15.3. The van der Waals surface area contributed by atoms with Gasteiger partial charge in [-0.1, -0.05) is 26.0 Å². The van der Waals surface area contributed by atoms with Gasteiger partial charge in [0, 0.05) is 11.5 Å². The second-order valence-corrected chi connectivity index (χ2v) is 5.84. The van der Waals surface area contributed by atoms with E-state index in [9.17, 15) is 14.7 Å². The number of para-hydroxylation sites is 1. The third-order valence-electron chi connectivity index (χ3n) is 4.06. The molecule has 2 amide bonds. The highest BCUT2D eigenvalue weighted by atomic mass is 16.5. The molecule has 0 aliphatic heterocycles. The monoisotopic (exact) mass is 292 g/mol. The molecule has 1 fully saturated rings. The van der Waals surface area contributed by atoms with Crippen LogP contribution in [0.5, 0.6) is 5.75 Å². The van der Waals surface area contributed by atoms with Crippen molar-refractivity contribution in [1.29, 1.82) is 0 Å². The zero-order valence-electron chi connectivity index (χ0n) is 12.1. The maximum Gasteiger partial charge on any atom is 0.258 e. The van der Waals surface area contributed by atoms with Gasteiger partial charge in [0.25, 0.3) is 11.8 Å². The topological polar surface area (TPSA) is 102 Å². The summed E-state index contributed by atoms with van der Waals surface area (Å²) in [6.45, 7) is 3.59. The molecular formula is C15H20N2O4. The lowest BCUT2D eigenvalue weighted by atomic mass is 9.64. The van der Waals surface area contributed by atoms with Crippen molar-refractivity contribution in [2.45, 2.75) is 32.4 Å². The molecule has 4 N–H and O–H groups in total. The van der Waals surface area contributed by atoms with E-state index in [0.717, 1.165) is 0 Å². The maximum atomic E-state index is 11.9. The van der Waals surface area contributed by atoms with Gasteiger partial charge in [0.1, 0.15) is 5.75 Å². The highest BCUT2D eigenvalue weighted by molar-refractivity contribution is 5.95. The number of aliphatic hydroxyl groups excluding tert-OH is 1. The summed E-state index contributed by atoms with van der Waals surface area (Å²) in [5.41, 5.74) is 5.14. The summed E-state index contributed by atoms with van der Waals surface area (Å²) in [5, 5.41) is 12.4. The van der Waals surface area contributed by atoms with Gasteiger partial charge in [-0.05, 0) is 18.6 Å². The van der Waals surface area contributed by atoms with E-state index in [4.69, 9.17) is 10.5 Å². The van der Waals surface area contributed by atoms with E-state index in [2.05, 4.69) is 5.32 Å². The van der Waals surface area contributed by atoms with Gasteiger partial charge in [0.05, 0.1) is 11.7 Å². The molecule has 2 rings (SSSR count). The number of nitrogens with two attached hydrogens (primary N) is 1. The number of amides is 2. The van der Waals surface area contributed by atoms with Crippen LogP contribution in [0.3, 0.4) is 0 Å². The summed E-state index contributed by atoms with van der Waals surface area (Å²) < 4.78 is 5.35. The molecule has 0 spiro atoms. The quantitative estimate of drug-likeness (QED) is 0.733. The molecule has 6 heteroatoms. The van der Waals surface area contributed by atoms with Gasteiger partial charge in [-0.25, -0.2) is 0 Å². The van der Waals surface area contributed by atoms with E-state index >= 15 is 0 Å². The Labute approximate surface area is 123 Å². The summed E-state index contributed by atoms with van der Waals surface area (Å²) >= 11 is 0. The Hall–Kier alpha value is -2.08. The molecule has 21 heavy (non-hydrogen) atoms. The van der Waals surface area contributed by atoms with Crippen LogP contribution in [-0.4, -0.2) is 35.7 Å². The van der Waals surface area contributed by atoms with Crippen molar-refractivity contribution in [3.8, 4) is 5.75 Å². The van der Waals surface area contributed by atoms with Crippen molar-refractivity contribution in [3.63, 3.8) is 0 Å². The van der Waals surface area contributed by atoms with Gasteiger partial charge >= 0.3 is 0 Å². The lowest BCUT2D eigenvalue weighted by Crippen LogP contribution is -2.61. The van der Waals surface area contributed by atoms with Crippen LogP contribution in [0.25, 0.3) is 0 Å². The second-order valence-electron chi connectivity index (χ2n) is 5.84. The van der Waals surface area contributed by atoms with Crippen LogP contribution in [0.1, 0.15) is 30.6 Å². The fourth-order valence-electron chi connectivity index (χ4n) is 2.32. The summed E-state index contributed by atoms with van der Waals surface area (Å²) in [4.78, 5) is 23.1. The van der Waals surface area contributed by atoms with Gasteiger partial charge in [0.2, 0.25) is 0 Å². The molecule has 0 heterocycles. The summed E-state index contributed by atoms with van der Waals surface area (Å²) in [6.07, 6.45) is 0.135. The number of carbonyl (C=O) groups excluding carboxylic acids is 2. The molecule has 2 atom stereocenters. The molecule has 1 saturated carbocycles. The van der Waals surface area contributed by atoms with Crippen LogP contribution < -0.4 is 15.8 Å². The Kier molecular flexibility index (Phi) is 4.18. The molecule has 114 valence electrons. The normalized spacial score (nSPS) is 23.0. The average Bonchev–Trinajstić information content (AvgIpc) is 2.45. The molecule has 1 aromatic rings. The van der Waals surface area contributed by atoms with Crippen molar-refractivity contribution in [3.05, 3.63) is 29.8 Å². The number of rotatable bonds is 5. The Morgan fingerprint density at radius 2 is 2.10 bits per heavy atom. The zero-order valence-corrected chi connectivity index (χ0v) is 12.1. The van der Waals surface area contributed by atoms with Crippen molar-refractivity contribution in [2.75, 3.05) is 6.61 Å². The lowest BCUT2D eigenvalue weighted by molar-refractivity contribution is -0.131. The third-order valence-corrected chi connectivity index (χ3v) is 4.06. The van der Waals surface area contributed by atoms with Crippen molar-refractivity contribution in [2.24, 2.45) is 11.1 Å². The first-order valence-electron chi connectivity index (χ1n) is 6.81. The zero-order chi connectivity index (χ0) is 15.6. The molecule has 1 aliphatic carbocycles. The van der Waals surface area contributed by atoms with Crippen LogP contribution >= 0.6 is 0 Å². The van der Waals surface area contributed by atoms with E-state index in [1.165, 1.54) is 0 Å². The molecule has 1 aromatic carbocycles. The molecule has 0 aromatic heterocycles. The lowest BCUT2D eigenvalue weighted by Gasteiger charge is -2.49. The average molecular weight is 292 g/mol. The van der Waals surface area contributed by atoms with E-state index < -0.39 is 12.0 Å². The highest BCUT2D eigenvalue weighted by Crippen LogP contribution is 2.40. The smallest absolute Gasteiger partial charge is 0.258 e. The summed E-state index contributed by atoms with van der Waals surface area (Å²) in [6, 6.07) is 6.43. The van der Waals surface area contributed by atoms with Crippen LogP contribution in [0.15, 0.2) is 24.3 Å². The predicted octanol–water partition coefficient (Wildman–Crippen LogP) is 0.440. The minimum absolute atomic E-state index is 0.0741. The fraction of sp³-hybridized carbons (Fsp3) is 0.467. The molecule has 2 unspecified atom stereocenters. The van der Waals surface area contributed by atoms with Gasteiger partial charge in [0.15, 0.2) is 6.61 Å². The first-order chi connectivity index (χ1) is 9.82. The number of nitrogens with one attached hydrogen (secondary N) is 1. The number of aliphatic hydroxyl groups is 1. The number of benzene rings is 1. The van der Waals surface area contributed by atoms with Gasteiger partial charge < -0.3 is 20.9 Å². The number of carbonyl (C=O) groups is 2. The SMILES string of the molecule is CC1(C)C(O)CC1NC(=O)COc1ccccc1C(N)=O. The summed E-state index contributed by atoms with van der Waals surface area (Å²) in [5.74, 6) is -0.610. The van der Waals surface area contributed by atoms with Crippen molar-refractivity contribution >= 4 is 11.8 Å². The third kappa shape index (κ3) is 3.16. The van der Waals surface area contributed by atoms with E-state index in [1.807, 2.05) is 13.8 Å². The van der Waals surface area contributed by atoms with Gasteiger partial charge in [-0.15, -0.1) is 0 Å². The highest BCUT2D eigenvalue weighted by Gasteiger charge is 2.47. The van der Waals surface area contributed by atoms with Crippen LogP contribution in [0, 0.1) is 5.41 Å². The Morgan fingerprint density at radius 3 is 2.67 bits per heavy atom. The minimum atomic E-state index is -0.603. The van der Waals surface area contributed by atoms with Crippen molar-refractivity contribution < 1.29 is 19.4 Å². The van der Waals surface area contributed by atoms with E-state index in [1.54, 1.807) is 24.3 Å². The molecule has 1 aliphatic rings.